The summed E-state index contributed by atoms with van der Waals surface area (Å²) >= 11 is 0. The van der Waals surface area contributed by atoms with Crippen molar-refractivity contribution in [1.29, 1.82) is 0 Å². The highest BCUT2D eigenvalue weighted by atomic mass is 35.5. The number of hydrogen-bond donors (Lipinski definition) is 1. The van der Waals surface area contributed by atoms with Gasteiger partial charge in [-0.2, -0.15) is 0 Å². The lowest BCUT2D eigenvalue weighted by molar-refractivity contribution is -0.134. The van der Waals surface area contributed by atoms with Gasteiger partial charge in [-0.25, -0.2) is 0 Å². The highest BCUT2D eigenvalue weighted by Crippen LogP contribution is 2.27. The summed E-state index contributed by atoms with van der Waals surface area (Å²) in [5.74, 6) is 0.833. The molecular weight excluding hydrogens is 300 g/mol. The Kier molecular flexibility index (Phi) is 6.45. The first-order valence-corrected chi connectivity index (χ1v) is 7.45. The number of furan rings is 1. The maximum Gasteiger partial charge on any atom is 0.226 e. The Morgan fingerprint density at radius 2 is 1.95 bits per heavy atom. The van der Waals surface area contributed by atoms with E-state index in [0.717, 1.165) is 28.7 Å². The van der Waals surface area contributed by atoms with Gasteiger partial charge in [-0.05, 0) is 13.0 Å². The van der Waals surface area contributed by atoms with E-state index in [0.29, 0.717) is 6.54 Å². The Labute approximate surface area is 138 Å². The molecule has 5 heteroatoms. The molecular formula is C17H25ClN2O2. The van der Waals surface area contributed by atoms with Crippen molar-refractivity contribution in [3.05, 3.63) is 35.6 Å². The number of carbonyl (C=O) groups is 1. The Hall–Kier alpha value is -1.52. The molecule has 0 radical (unpaired) electrons. The van der Waals surface area contributed by atoms with Gasteiger partial charge in [-0.15, -0.1) is 12.4 Å². The molecule has 4 nitrogen and oxygen atoms in total. The molecule has 2 N–H and O–H groups in total. The van der Waals surface area contributed by atoms with Crippen LogP contribution in [-0.4, -0.2) is 23.9 Å². The Morgan fingerprint density at radius 1 is 1.32 bits per heavy atom. The van der Waals surface area contributed by atoms with E-state index in [2.05, 4.69) is 6.92 Å². The number of fused-ring (bicyclic) bond motifs is 1. The van der Waals surface area contributed by atoms with E-state index >= 15 is 0 Å². The summed E-state index contributed by atoms with van der Waals surface area (Å²) in [4.78, 5) is 14.1. The van der Waals surface area contributed by atoms with Gasteiger partial charge in [0.1, 0.15) is 11.3 Å². The van der Waals surface area contributed by atoms with Crippen molar-refractivity contribution in [2.24, 2.45) is 11.7 Å². The predicted molar refractivity (Wildman–Crippen MR) is 92.1 cm³/mol. The largest absolute Gasteiger partial charge is 0.461 e. The molecule has 0 bridgehead atoms. The topological polar surface area (TPSA) is 59.5 Å². The molecule has 0 spiro atoms. The first kappa shape index (κ1) is 18.5. The van der Waals surface area contributed by atoms with Crippen LogP contribution in [0.25, 0.3) is 11.0 Å². The Morgan fingerprint density at radius 3 is 2.55 bits per heavy atom. The fraction of sp³-hybridized carbons (Fsp3) is 0.471. The van der Waals surface area contributed by atoms with E-state index in [1.807, 2.05) is 45.2 Å². The number of para-hydroxylation sites is 1. The maximum absolute atomic E-state index is 12.4. The van der Waals surface area contributed by atoms with Gasteiger partial charge in [0.25, 0.3) is 0 Å². The summed E-state index contributed by atoms with van der Waals surface area (Å²) in [6, 6.07) is 7.81. The average molecular weight is 325 g/mol. The number of nitrogens with zero attached hydrogens (tertiary/aromatic N) is 1. The normalized spacial score (nSPS) is 13.5. The molecule has 1 heterocycles. The Balaban J connectivity index is 0.00000242. The third-order valence-electron chi connectivity index (χ3n) is 4.05. The third kappa shape index (κ3) is 3.62. The van der Waals surface area contributed by atoms with E-state index in [4.69, 9.17) is 10.2 Å². The molecule has 0 aliphatic heterocycles. The fourth-order valence-electron chi connectivity index (χ4n) is 2.50. The lowest BCUT2D eigenvalue weighted by atomic mass is 10.0. The van der Waals surface area contributed by atoms with Crippen LogP contribution >= 0.6 is 12.4 Å². The van der Waals surface area contributed by atoms with Crippen LogP contribution in [0.5, 0.6) is 0 Å². The molecule has 0 fully saturated rings. The molecule has 2 aromatic rings. The molecule has 1 aromatic heterocycles. The van der Waals surface area contributed by atoms with Crippen molar-refractivity contribution in [3.63, 3.8) is 0 Å². The molecule has 0 aliphatic rings. The molecule has 0 saturated carbocycles. The van der Waals surface area contributed by atoms with Crippen LogP contribution < -0.4 is 5.73 Å². The smallest absolute Gasteiger partial charge is 0.226 e. The zero-order chi connectivity index (χ0) is 15.6. The van der Waals surface area contributed by atoms with Gasteiger partial charge in [-0.3, -0.25) is 4.79 Å². The van der Waals surface area contributed by atoms with E-state index in [9.17, 15) is 4.79 Å². The van der Waals surface area contributed by atoms with Crippen molar-refractivity contribution in [3.8, 4) is 0 Å². The molecule has 1 aromatic carbocycles. The molecule has 1 amide bonds. The number of amides is 1. The minimum atomic E-state index is -0.182. The number of carbonyl (C=O) groups excluding carboxylic acids is 1. The van der Waals surface area contributed by atoms with E-state index in [1.165, 1.54) is 0 Å². The average Bonchev–Trinajstić information content (AvgIpc) is 2.83. The fourth-order valence-corrected chi connectivity index (χ4v) is 2.50. The number of hydrogen-bond acceptors (Lipinski definition) is 3. The molecule has 22 heavy (non-hydrogen) atoms. The van der Waals surface area contributed by atoms with Gasteiger partial charge in [0.2, 0.25) is 5.91 Å². The van der Waals surface area contributed by atoms with Gasteiger partial charge in [-0.1, -0.05) is 32.0 Å². The molecule has 0 aliphatic carbocycles. The van der Waals surface area contributed by atoms with Crippen LogP contribution in [0.3, 0.4) is 0 Å². The third-order valence-corrected chi connectivity index (χ3v) is 4.05. The van der Waals surface area contributed by atoms with Crippen LogP contribution in [0.4, 0.5) is 0 Å². The second-order valence-corrected chi connectivity index (χ2v) is 5.70. The quantitative estimate of drug-likeness (QED) is 0.917. The standard InChI is InChI=1S/C17H24N2O2.ClH/c1-5-15-14(13-8-6-7-9-16(13)21-15)10-19(4)17(20)11(2)12(3)18;/h6-9,11-12H,5,10,18H2,1-4H3;1H. The van der Waals surface area contributed by atoms with Gasteiger partial charge >= 0.3 is 0 Å². The number of rotatable bonds is 5. The molecule has 122 valence electrons. The van der Waals surface area contributed by atoms with Gasteiger partial charge in [0.05, 0.1) is 5.92 Å². The first-order valence-electron chi connectivity index (χ1n) is 7.45. The molecule has 2 rings (SSSR count). The van der Waals surface area contributed by atoms with Gasteiger partial charge in [0.15, 0.2) is 0 Å². The summed E-state index contributed by atoms with van der Waals surface area (Å²) < 4.78 is 5.87. The summed E-state index contributed by atoms with van der Waals surface area (Å²) in [7, 11) is 1.82. The van der Waals surface area contributed by atoms with E-state index in [-0.39, 0.29) is 30.3 Å². The van der Waals surface area contributed by atoms with E-state index in [1.54, 1.807) is 4.90 Å². The van der Waals surface area contributed by atoms with Crippen LogP contribution in [-0.2, 0) is 17.8 Å². The van der Waals surface area contributed by atoms with Crippen LogP contribution in [0.1, 0.15) is 32.1 Å². The maximum atomic E-state index is 12.4. The second-order valence-electron chi connectivity index (χ2n) is 5.70. The van der Waals surface area contributed by atoms with Crippen LogP contribution in [0.2, 0.25) is 0 Å². The van der Waals surface area contributed by atoms with Crippen molar-refractivity contribution in [1.82, 2.24) is 4.90 Å². The summed E-state index contributed by atoms with van der Waals surface area (Å²) in [5, 5.41) is 1.09. The van der Waals surface area contributed by atoms with Gasteiger partial charge in [0, 0.05) is 37.0 Å². The van der Waals surface area contributed by atoms with E-state index < -0.39 is 0 Å². The highest BCUT2D eigenvalue weighted by Gasteiger charge is 2.23. The molecule has 0 saturated heterocycles. The Bertz CT molecular complexity index is 637. The van der Waals surface area contributed by atoms with Crippen molar-refractivity contribution < 1.29 is 9.21 Å². The summed E-state index contributed by atoms with van der Waals surface area (Å²) in [6.45, 7) is 6.35. The zero-order valence-corrected chi connectivity index (χ0v) is 14.4. The summed E-state index contributed by atoms with van der Waals surface area (Å²) in [6.07, 6.45) is 0.814. The lowest BCUT2D eigenvalue weighted by Crippen LogP contribution is -2.39. The molecule has 2 unspecified atom stereocenters. The minimum absolute atomic E-state index is 0. The van der Waals surface area contributed by atoms with Crippen LogP contribution in [0, 0.1) is 5.92 Å². The highest BCUT2D eigenvalue weighted by molar-refractivity contribution is 5.85. The zero-order valence-electron chi connectivity index (χ0n) is 13.6. The van der Waals surface area contributed by atoms with Crippen molar-refractivity contribution in [2.75, 3.05) is 7.05 Å². The van der Waals surface area contributed by atoms with Gasteiger partial charge < -0.3 is 15.1 Å². The number of benzene rings is 1. The minimum Gasteiger partial charge on any atom is -0.461 e. The van der Waals surface area contributed by atoms with Crippen molar-refractivity contribution in [2.45, 2.75) is 39.8 Å². The van der Waals surface area contributed by atoms with Crippen LogP contribution in [0.15, 0.2) is 28.7 Å². The number of aryl methyl sites for hydroxylation is 1. The van der Waals surface area contributed by atoms with Crippen molar-refractivity contribution >= 4 is 29.3 Å². The lowest BCUT2D eigenvalue weighted by Gasteiger charge is -2.23. The summed E-state index contributed by atoms with van der Waals surface area (Å²) in [5.41, 5.74) is 7.81. The monoisotopic (exact) mass is 324 g/mol. The number of nitrogens with two attached hydrogens (primary N) is 1. The number of halogens is 1. The SMILES string of the molecule is CCc1oc2ccccc2c1CN(C)C(=O)C(C)C(C)N.Cl. The molecule has 2 atom stereocenters. The predicted octanol–water partition coefficient (Wildman–Crippen LogP) is 3.36. The second kappa shape index (κ2) is 7.65. The first-order chi connectivity index (χ1) is 9.95.